The summed E-state index contributed by atoms with van der Waals surface area (Å²) in [6.07, 6.45) is 0.648. The number of aromatic nitrogens is 1. The van der Waals surface area contributed by atoms with Gasteiger partial charge in [0, 0.05) is 36.1 Å². The first kappa shape index (κ1) is 21.3. The predicted octanol–water partition coefficient (Wildman–Crippen LogP) is 2.61. The summed E-state index contributed by atoms with van der Waals surface area (Å²) < 4.78 is 5.26. The van der Waals surface area contributed by atoms with E-state index in [1.165, 1.54) is 0 Å². The van der Waals surface area contributed by atoms with Gasteiger partial charge >= 0.3 is 5.97 Å². The van der Waals surface area contributed by atoms with E-state index in [0.717, 1.165) is 17.3 Å². The van der Waals surface area contributed by atoms with E-state index in [1.54, 1.807) is 19.2 Å². The number of hydrogen-bond acceptors (Lipinski definition) is 5. The number of ether oxygens (including phenoxy) is 1. The molecule has 1 aliphatic rings. The van der Waals surface area contributed by atoms with Gasteiger partial charge in [-0.3, -0.25) is 14.5 Å². The minimum atomic E-state index is -1.20. The molecule has 2 heterocycles. The van der Waals surface area contributed by atoms with E-state index >= 15 is 0 Å². The number of nitrogens with one attached hydrogen (secondary N) is 1. The molecule has 0 amide bonds. The van der Waals surface area contributed by atoms with Crippen LogP contribution in [0.25, 0.3) is 10.9 Å². The van der Waals surface area contributed by atoms with E-state index in [-0.39, 0.29) is 12.1 Å². The zero-order valence-electron chi connectivity index (χ0n) is 17.3. The SMILES string of the molecule is COc1ccc2[nH]c(=O)c(CN3CC[C@@H](O)[C@](CCC(C)C)(C(=O)O)C3)cc2c1. The Morgan fingerprint density at radius 2 is 2.14 bits per heavy atom. The molecule has 3 N–H and O–H groups in total. The van der Waals surface area contributed by atoms with Crippen molar-refractivity contribution >= 4 is 16.9 Å². The Bertz CT molecular complexity index is 938. The van der Waals surface area contributed by atoms with Gasteiger partial charge in [-0.1, -0.05) is 13.8 Å². The lowest BCUT2D eigenvalue weighted by Crippen LogP contribution is -2.56. The molecular formula is C22H30N2O5. The molecule has 1 saturated heterocycles. The number of aromatic amines is 1. The number of piperidine rings is 1. The molecule has 29 heavy (non-hydrogen) atoms. The number of rotatable bonds is 7. The molecule has 0 unspecified atom stereocenters. The average Bonchev–Trinajstić information content (AvgIpc) is 2.68. The number of benzene rings is 1. The van der Waals surface area contributed by atoms with Crippen molar-refractivity contribution in [1.82, 2.24) is 9.88 Å². The normalized spacial score (nSPS) is 22.9. The van der Waals surface area contributed by atoms with Gasteiger partial charge in [0.2, 0.25) is 0 Å². The van der Waals surface area contributed by atoms with Crippen LogP contribution in [-0.2, 0) is 11.3 Å². The van der Waals surface area contributed by atoms with Gasteiger partial charge in [-0.2, -0.15) is 0 Å². The molecule has 2 aromatic rings. The minimum Gasteiger partial charge on any atom is -0.497 e. The molecule has 7 heteroatoms. The van der Waals surface area contributed by atoms with Gasteiger partial charge in [-0.25, -0.2) is 0 Å². The lowest BCUT2D eigenvalue weighted by atomic mass is 9.72. The van der Waals surface area contributed by atoms with E-state index in [4.69, 9.17) is 4.74 Å². The zero-order valence-corrected chi connectivity index (χ0v) is 17.3. The van der Waals surface area contributed by atoms with Crippen LogP contribution in [0.15, 0.2) is 29.1 Å². The van der Waals surface area contributed by atoms with Crippen LogP contribution in [0, 0.1) is 11.3 Å². The third-order valence-corrected chi connectivity index (χ3v) is 5.98. The number of aliphatic hydroxyl groups excluding tert-OH is 1. The number of aliphatic hydroxyl groups is 1. The molecular weight excluding hydrogens is 372 g/mol. The Labute approximate surface area is 170 Å². The summed E-state index contributed by atoms with van der Waals surface area (Å²) in [5, 5.41) is 21.4. The van der Waals surface area contributed by atoms with Gasteiger partial charge in [0.1, 0.15) is 11.2 Å². The van der Waals surface area contributed by atoms with E-state index in [1.807, 2.05) is 30.9 Å². The standard InChI is InChI=1S/C22H30N2O5/c1-14(2)6-8-22(21(27)28)13-24(9-7-19(22)25)12-16-10-15-11-17(29-3)4-5-18(15)23-20(16)26/h4-5,10-11,14,19,25H,6-9,12-13H2,1-3H3,(H,23,26)(H,27,28)/t19-,22-/m1/s1. The highest BCUT2D eigenvalue weighted by molar-refractivity contribution is 5.80. The van der Waals surface area contributed by atoms with Crippen molar-refractivity contribution in [2.45, 2.75) is 45.8 Å². The molecule has 158 valence electrons. The monoisotopic (exact) mass is 402 g/mol. The first-order valence-electron chi connectivity index (χ1n) is 10.1. The molecule has 0 bridgehead atoms. The number of methoxy groups -OCH3 is 1. The molecule has 1 aliphatic heterocycles. The van der Waals surface area contributed by atoms with Crippen molar-refractivity contribution in [2.75, 3.05) is 20.2 Å². The van der Waals surface area contributed by atoms with E-state index in [9.17, 15) is 19.8 Å². The number of carbonyl (C=O) groups is 1. The quantitative estimate of drug-likeness (QED) is 0.658. The smallest absolute Gasteiger partial charge is 0.313 e. The molecule has 1 aromatic heterocycles. The molecule has 0 spiro atoms. The Hall–Kier alpha value is -2.38. The van der Waals surface area contributed by atoms with Crippen LogP contribution in [0.1, 0.15) is 38.7 Å². The van der Waals surface area contributed by atoms with Gasteiger partial charge in [0.05, 0.1) is 13.2 Å². The second-order valence-corrected chi connectivity index (χ2v) is 8.49. The average molecular weight is 402 g/mol. The maximum absolute atomic E-state index is 12.6. The van der Waals surface area contributed by atoms with Crippen LogP contribution in [0.4, 0.5) is 0 Å². The zero-order chi connectivity index (χ0) is 21.2. The molecule has 1 aromatic carbocycles. The van der Waals surface area contributed by atoms with Crippen molar-refractivity contribution < 1.29 is 19.7 Å². The van der Waals surface area contributed by atoms with E-state index in [2.05, 4.69) is 4.98 Å². The molecule has 7 nitrogen and oxygen atoms in total. The van der Waals surface area contributed by atoms with Gasteiger partial charge in [-0.15, -0.1) is 0 Å². The van der Waals surface area contributed by atoms with Gasteiger partial charge in [0.15, 0.2) is 0 Å². The van der Waals surface area contributed by atoms with Crippen LogP contribution in [-0.4, -0.2) is 52.4 Å². The highest BCUT2D eigenvalue weighted by atomic mass is 16.5. The molecule has 0 aliphatic carbocycles. The summed E-state index contributed by atoms with van der Waals surface area (Å²) >= 11 is 0. The maximum atomic E-state index is 12.6. The van der Waals surface area contributed by atoms with Crippen molar-refractivity contribution in [1.29, 1.82) is 0 Å². The van der Waals surface area contributed by atoms with Crippen LogP contribution in [0.3, 0.4) is 0 Å². The number of fused-ring (bicyclic) bond motifs is 1. The third kappa shape index (κ3) is 4.46. The Kier molecular flexibility index (Phi) is 6.29. The highest BCUT2D eigenvalue weighted by Gasteiger charge is 2.48. The van der Waals surface area contributed by atoms with E-state index in [0.29, 0.717) is 43.2 Å². The summed E-state index contributed by atoms with van der Waals surface area (Å²) in [4.78, 5) is 29.6. The second kappa shape index (κ2) is 8.55. The number of nitrogens with zero attached hydrogens (tertiary/aromatic N) is 1. The fourth-order valence-corrected chi connectivity index (χ4v) is 4.12. The number of likely N-dealkylation sites (tertiary alicyclic amines) is 1. The Balaban J connectivity index is 1.86. The summed E-state index contributed by atoms with van der Waals surface area (Å²) in [5.41, 5.74) is -0.0809. The lowest BCUT2D eigenvalue weighted by molar-refractivity contribution is -0.165. The fraction of sp³-hybridized carbons (Fsp3) is 0.545. The number of hydrogen-bond donors (Lipinski definition) is 3. The van der Waals surface area contributed by atoms with Gasteiger partial charge in [0.25, 0.3) is 5.56 Å². The first-order valence-corrected chi connectivity index (χ1v) is 10.1. The largest absolute Gasteiger partial charge is 0.497 e. The number of carboxylic acid groups (broad SMARTS) is 1. The molecule has 2 atom stereocenters. The molecule has 3 rings (SSSR count). The number of aliphatic carboxylic acids is 1. The van der Waals surface area contributed by atoms with Crippen molar-refractivity contribution in [2.24, 2.45) is 11.3 Å². The predicted molar refractivity (Wildman–Crippen MR) is 111 cm³/mol. The third-order valence-electron chi connectivity index (χ3n) is 5.98. The molecule has 0 saturated carbocycles. The topological polar surface area (TPSA) is 103 Å². The number of pyridine rings is 1. The summed E-state index contributed by atoms with van der Waals surface area (Å²) in [5.74, 6) is 0.0924. The van der Waals surface area contributed by atoms with Crippen molar-refractivity contribution in [3.63, 3.8) is 0 Å². The Morgan fingerprint density at radius 3 is 2.79 bits per heavy atom. The van der Waals surface area contributed by atoms with E-state index < -0.39 is 17.5 Å². The van der Waals surface area contributed by atoms with Crippen LogP contribution >= 0.6 is 0 Å². The van der Waals surface area contributed by atoms with Crippen LogP contribution in [0.5, 0.6) is 5.75 Å². The minimum absolute atomic E-state index is 0.183. The Morgan fingerprint density at radius 1 is 1.38 bits per heavy atom. The van der Waals surface area contributed by atoms with Crippen molar-refractivity contribution in [3.8, 4) is 5.75 Å². The van der Waals surface area contributed by atoms with Crippen LogP contribution < -0.4 is 10.3 Å². The van der Waals surface area contributed by atoms with Gasteiger partial charge in [-0.05, 0) is 49.4 Å². The lowest BCUT2D eigenvalue weighted by Gasteiger charge is -2.43. The number of carboxylic acids is 1. The first-order chi connectivity index (χ1) is 13.7. The summed E-state index contributed by atoms with van der Waals surface area (Å²) in [7, 11) is 1.59. The highest BCUT2D eigenvalue weighted by Crippen LogP contribution is 2.37. The summed E-state index contributed by atoms with van der Waals surface area (Å²) in [6, 6.07) is 7.29. The molecule has 1 fully saturated rings. The maximum Gasteiger partial charge on any atom is 0.313 e. The number of H-pyrrole nitrogens is 1. The fourth-order valence-electron chi connectivity index (χ4n) is 4.12. The summed E-state index contributed by atoms with van der Waals surface area (Å²) in [6.45, 7) is 5.21. The second-order valence-electron chi connectivity index (χ2n) is 8.49. The van der Waals surface area contributed by atoms with Gasteiger partial charge < -0.3 is 19.9 Å². The molecule has 0 radical (unpaired) electrons. The van der Waals surface area contributed by atoms with Crippen LogP contribution in [0.2, 0.25) is 0 Å². The van der Waals surface area contributed by atoms with Crippen molar-refractivity contribution in [3.05, 3.63) is 40.2 Å².